The predicted octanol–water partition coefficient (Wildman–Crippen LogP) is 1.36. The molecule has 1 aromatic carbocycles. The lowest BCUT2D eigenvalue weighted by Crippen LogP contribution is -2.39. The minimum atomic E-state index is -2.95. The molecule has 0 heterocycles. The molecule has 1 aromatic rings. The van der Waals surface area contributed by atoms with Crippen molar-refractivity contribution in [1.82, 2.24) is 4.90 Å². The maximum Gasteiger partial charge on any atom is 0.148 e. The van der Waals surface area contributed by atoms with Gasteiger partial charge in [0.1, 0.15) is 9.84 Å². The number of hydrogen-bond donors (Lipinski definition) is 1. The van der Waals surface area contributed by atoms with Crippen molar-refractivity contribution in [1.29, 1.82) is 0 Å². The highest BCUT2D eigenvalue weighted by Gasteiger charge is 2.21. The monoisotopic (exact) mass is 284 g/mol. The lowest BCUT2D eigenvalue weighted by Gasteiger charge is -2.31. The van der Waals surface area contributed by atoms with Crippen molar-refractivity contribution in [2.24, 2.45) is 5.73 Å². The van der Waals surface area contributed by atoms with Crippen molar-refractivity contribution in [3.63, 3.8) is 0 Å². The molecular formula is C14H24N2O2S. The third kappa shape index (κ3) is 5.30. The maximum atomic E-state index is 11.3. The summed E-state index contributed by atoms with van der Waals surface area (Å²) < 4.78 is 22.5. The molecule has 1 rings (SSSR count). The Labute approximate surface area is 116 Å². The zero-order chi connectivity index (χ0) is 14.6. The molecule has 2 unspecified atom stereocenters. The highest BCUT2D eigenvalue weighted by atomic mass is 32.2. The summed E-state index contributed by atoms with van der Waals surface area (Å²) in [7, 11) is -1.03. The molecule has 0 amide bonds. The van der Waals surface area contributed by atoms with Crippen molar-refractivity contribution in [3.8, 4) is 0 Å². The van der Waals surface area contributed by atoms with Gasteiger partial charge in [-0.2, -0.15) is 0 Å². The largest absolute Gasteiger partial charge is 0.326 e. The van der Waals surface area contributed by atoms with E-state index < -0.39 is 9.84 Å². The second-order valence-electron chi connectivity index (χ2n) is 5.33. The Morgan fingerprint density at radius 1 is 1.37 bits per heavy atom. The molecule has 0 spiro atoms. The van der Waals surface area contributed by atoms with E-state index in [1.165, 1.54) is 11.8 Å². The van der Waals surface area contributed by atoms with Crippen molar-refractivity contribution >= 4 is 9.84 Å². The van der Waals surface area contributed by atoms with Crippen LogP contribution >= 0.6 is 0 Å². The molecule has 2 atom stereocenters. The van der Waals surface area contributed by atoms with Gasteiger partial charge in [0.2, 0.25) is 0 Å². The van der Waals surface area contributed by atoms with E-state index in [4.69, 9.17) is 5.73 Å². The van der Waals surface area contributed by atoms with E-state index in [-0.39, 0.29) is 17.8 Å². The molecule has 0 saturated heterocycles. The van der Waals surface area contributed by atoms with Crippen LogP contribution in [0.1, 0.15) is 24.1 Å². The van der Waals surface area contributed by atoms with Gasteiger partial charge in [0, 0.05) is 24.9 Å². The molecule has 2 N–H and O–H groups in total. The van der Waals surface area contributed by atoms with Gasteiger partial charge in [-0.1, -0.05) is 29.8 Å². The number of nitrogens with zero attached hydrogens (tertiary/aromatic N) is 1. The van der Waals surface area contributed by atoms with E-state index in [0.717, 1.165) is 5.56 Å². The molecule has 4 nitrogen and oxygen atoms in total. The van der Waals surface area contributed by atoms with Crippen LogP contribution in [0.5, 0.6) is 0 Å². The van der Waals surface area contributed by atoms with Gasteiger partial charge >= 0.3 is 0 Å². The number of rotatable bonds is 6. The fourth-order valence-electron chi connectivity index (χ4n) is 2.26. The van der Waals surface area contributed by atoms with Crippen molar-refractivity contribution in [3.05, 3.63) is 35.4 Å². The number of hydrogen-bond acceptors (Lipinski definition) is 4. The lowest BCUT2D eigenvalue weighted by molar-refractivity contribution is 0.231. The van der Waals surface area contributed by atoms with E-state index in [0.29, 0.717) is 6.54 Å². The van der Waals surface area contributed by atoms with Gasteiger partial charge in [0.25, 0.3) is 0 Å². The van der Waals surface area contributed by atoms with Gasteiger partial charge in [-0.05, 0) is 26.5 Å². The highest BCUT2D eigenvalue weighted by molar-refractivity contribution is 7.90. The summed E-state index contributed by atoms with van der Waals surface area (Å²) in [5, 5.41) is 0. The zero-order valence-electron chi connectivity index (χ0n) is 12.1. The van der Waals surface area contributed by atoms with Crippen LogP contribution in [0, 0.1) is 6.92 Å². The van der Waals surface area contributed by atoms with Crippen LogP contribution in [0.4, 0.5) is 0 Å². The third-order valence-electron chi connectivity index (χ3n) is 3.17. The zero-order valence-corrected chi connectivity index (χ0v) is 12.9. The summed E-state index contributed by atoms with van der Waals surface area (Å²) in [5.41, 5.74) is 8.38. The average Bonchev–Trinajstić information content (AvgIpc) is 2.25. The van der Waals surface area contributed by atoms with E-state index in [9.17, 15) is 8.42 Å². The lowest BCUT2D eigenvalue weighted by atomic mass is 9.98. The summed E-state index contributed by atoms with van der Waals surface area (Å²) in [4.78, 5) is 2.01. The van der Waals surface area contributed by atoms with Crippen molar-refractivity contribution in [2.75, 3.05) is 25.6 Å². The Kier molecular flexibility index (Phi) is 5.52. The normalized spacial score (nSPS) is 15.5. The van der Waals surface area contributed by atoms with E-state index >= 15 is 0 Å². The summed E-state index contributed by atoms with van der Waals surface area (Å²) in [6.07, 6.45) is 1.26. The quantitative estimate of drug-likeness (QED) is 0.857. The second-order valence-corrected chi connectivity index (χ2v) is 7.59. The first-order valence-corrected chi connectivity index (χ1v) is 8.47. The second kappa shape index (κ2) is 6.50. The maximum absolute atomic E-state index is 11.3. The summed E-state index contributed by atoms with van der Waals surface area (Å²) in [6, 6.07) is 8.15. The summed E-state index contributed by atoms with van der Waals surface area (Å²) in [6.45, 7) is 4.47. The Bertz CT molecular complexity index is 512. The Morgan fingerprint density at radius 3 is 2.47 bits per heavy atom. The topological polar surface area (TPSA) is 63.4 Å². The van der Waals surface area contributed by atoms with E-state index in [1.54, 1.807) is 0 Å². The molecular weight excluding hydrogens is 260 g/mol. The van der Waals surface area contributed by atoms with Crippen molar-refractivity contribution < 1.29 is 8.42 Å². The van der Waals surface area contributed by atoms with Gasteiger partial charge in [0.15, 0.2) is 0 Å². The smallest absolute Gasteiger partial charge is 0.148 e. The summed E-state index contributed by atoms with van der Waals surface area (Å²) >= 11 is 0. The van der Waals surface area contributed by atoms with Gasteiger partial charge in [-0.15, -0.1) is 0 Å². The van der Waals surface area contributed by atoms with Crippen molar-refractivity contribution in [2.45, 2.75) is 25.9 Å². The van der Waals surface area contributed by atoms with Crippen LogP contribution in [-0.2, 0) is 9.84 Å². The number of likely N-dealkylation sites (N-methyl/N-ethyl adjacent to an activating group) is 1. The van der Waals surface area contributed by atoms with Gasteiger partial charge in [-0.25, -0.2) is 8.42 Å². The predicted molar refractivity (Wildman–Crippen MR) is 79.9 cm³/mol. The first-order chi connectivity index (χ1) is 8.70. The van der Waals surface area contributed by atoms with Crippen LogP contribution in [0.15, 0.2) is 24.3 Å². The number of sulfone groups is 1. The molecule has 0 aliphatic carbocycles. The van der Waals surface area contributed by atoms with Gasteiger partial charge in [0.05, 0.1) is 5.75 Å². The molecule has 0 radical (unpaired) electrons. The molecule has 108 valence electrons. The number of benzene rings is 1. The molecule has 0 saturated carbocycles. The molecule has 19 heavy (non-hydrogen) atoms. The molecule has 5 heteroatoms. The first-order valence-electron chi connectivity index (χ1n) is 6.41. The number of aryl methyl sites for hydroxylation is 1. The fraction of sp³-hybridized carbons (Fsp3) is 0.571. The number of nitrogens with two attached hydrogens (primary N) is 1. The van der Waals surface area contributed by atoms with Crippen LogP contribution in [0.25, 0.3) is 0 Å². The molecule has 0 aliphatic heterocycles. The SMILES string of the molecule is Cc1cccc(C(C(C)N)N(C)CCS(C)(=O)=O)c1. The fourth-order valence-corrected chi connectivity index (χ4v) is 2.88. The highest BCUT2D eigenvalue weighted by Crippen LogP contribution is 2.23. The van der Waals surface area contributed by atoms with E-state index in [1.807, 2.05) is 44.0 Å². The average molecular weight is 284 g/mol. The Hall–Kier alpha value is -0.910. The van der Waals surface area contributed by atoms with E-state index in [2.05, 4.69) is 6.07 Å². The Morgan fingerprint density at radius 2 is 2.00 bits per heavy atom. The first kappa shape index (κ1) is 16.1. The standard InChI is InChI=1S/C14H24N2O2S/c1-11-6-5-7-13(10-11)14(12(2)15)16(3)8-9-19(4,17)18/h5-7,10,12,14H,8-9,15H2,1-4H3. The minimum Gasteiger partial charge on any atom is -0.326 e. The molecule has 0 fully saturated rings. The molecule has 0 bridgehead atoms. The molecule has 0 aliphatic rings. The Balaban J connectivity index is 2.89. The van der Waals surface area contributed by atoms with Crippen LogP contribution in [-0.4, -0.2) is 45.0 Å². The van der Waals surface area contributed by atoms with Crippen LogP contribution in [0.3, 0.4) is 0 Å². The van der Waals surface area contributed by atoms with Gasteiger partial charge < -0.3 is 5.73 Å². The van der Waals surface area contributed by atoms with Crippen LogP contribution in [0.2, 0.25) is 0 Å². The molecule has 0 aromatic heterocycles. The minimum absolute atomic E-state index is 0.0293. The van der Waals surface area contributed by atoms with Gasteiger partial charge in [-0.3, -0.25) is 4.90 Å². The third-order valence-corrected chi connectivity index (χ3v) is 4.10. The summed E-state index contributed by atoms with van der Waals surface area (Å²) in [5.74, 6) is 0.151. The van der Waals surface area contributed by atoms with Crippen LogP contribution < -0.4 is 5.73 Å².